The predicted octanol–water partition coefficient (Wildman–Crippen LogP) is 1.24. The summed E-state index contributed by atoms with van der Waals surface area (Å²) in [4.78, 5) is 14.2. The zero-order valence-corrected chi connectivity index (χ0v) is 9.31. The van der Waals surface area contributed by atoms with Gasteiger partial charge in [0.05, 0.1) is 0 Å². The van der Waals surface area contributed by atoms with Crippen LogP contribution in [-0.4, -0.2) is 33.7 Å². The van der Waals surface area contributed by atoms with Crippen molar-refractivity contribution in [1.29, 1.82) is 0 Å². The minimum atomic E-state index is -0.562. The van der Waals surface area contributed by atoms with Gasteiger partial charge in [0.1, 0.15) is 5.54 Å². The fourth-order valence-electron chi connectivity index (χ4n) is 2.00. The predicted molar refractivity (Wildman–Crippen MR) is 57.4 cm³/mol. The maximum absolute atomic E-state index is 12.2. The molecule has 4 nitrogen and oxygen atoms in total. The quantitative estimate of drug-likeness (QED) is 0.731. The first-order valence-corrected chi connectivity index (χ1v) is 5.42. The van der Waals surface area contributed by atoms with Gasteiger partial charge in [-0.15, -0.1) is 0 Å². The molecular weight excluding hydrogens is 190 g/mol. The molecule has 4 heteroatoms. The Labute approximate surface area is 89.9 Å². The molecule has 0 aliphatic carbocycles. The highest BCUT2D eigenvalue weighted by molar-refractivity contribution is 5.83. The summed E-state index contributed by atoms with van der Waals surface area (Å²) < 4.78 is 1.73. The lowest BCUT2D eigenvalue weighted by molar-refractivity contribution is -0.138. The van der Waals surface area contributed by atoms with E-state index in [1.54, 1.807) is 10.9 Å². The molecule has 1 fully saturated rings. The van der Waals surface area contributed by atoms with E-state index in [1.807, 2.05) is 31.0 Å². The molecule has 0 atom stereocenters. The molecule has 1 saturated heterocycles. The highest BCUT2D eigenvalue weighted by atomic mass is 16.2. The second-order valence-electron chi connectivity index (χ2n) is 4.51. The Morgan fingerprint density at radius 1 is 1.33 bits per heavy atom. The molecular formula is C11H17N3O. The fraction of sp³-hybridized carbons (Fsp3) is 0.636. The zero-order chi connectivity index (χ0) is 10.9. The lowest BCUT2D eigenvalue weighted by atomic mass is 10.0. The normalized spacial score (nSPS) is 17.1. The molecule has 1 aromatic rings. The summed E-state index contributed by atoms with van der Waals surface area (Å²) in [5.41, 5.74) is -0.562. The van der Waals surface area contributed by atoms with Crippen LogP contribution in [0, 0.1) is 0 Å². The molecule has 2 rings (SSSR count). The zero-order valence-electron chi connectivity index (χ0n) is 9.31. The van der Waals surface area contributed by atoms with Crippen LogP contribution < -0.4 is 0 Å². The van der Waals surface area contributed by atoms with Crippen LogP contribution in [0.25, 0.3) is 0 Å². The van der Waals surface area contributed by atoms with Crippen molar-refractivity contribution in [2.75, 3.05) is 13.1 Å². The molecule has 15 heavy (non-hydrogen) atoms. The second-order valence-corrected chi connectivity index (χ2v) is 4.51. The summed E-state index contributed by atoms with van der Waals surface area (Å²) >= 11 is 0. The van der Waals surface area contributed by atoms with Gasteiger partial charge in [-0.2, -0.15) is 5.10 Å². The molecule has 2 heterocycles. The first-order chi connectivity index (χ1) is 7.12. The molecule has 1 aliphatic rings. The number of hydrogen-bond donors (Lipinski definition) is 0. The van der Waals surface area contributed by atoms with Gasteiger partial charge in [0.2, 0.25) is 5.91 Å². The molecule has 1 amide bonds. The SMILES string of the molecule is CC(C)(C(=O)N1CCCC1)n1cccn1. The monoisotopic (exact) mass is 207 g/mol. The van der Waals surface area contributed by atoms with E-state index >= 15 is 0 Å². The van der Waals surface area contributed by atoms with E-state index in [0.717, 1.165) is 25.9 Å². The van der Waals surface area contributed by atoms with Gasteiger partial charge in [0, 0.05) is 25.5 Å². The van der Waals surface area contributed by atoms with Crippen LogP contribution in [0.15, 0.2) is 18.5 Å². The van der Waals surface area contributed by atoms with E-state index in [0.29, 0.717) is 0 Å². The average molecular weight is 207 g/mol. The Kier molecular flexibility index (Phi) is 2.50. The van der Waals surface area contributed by atoms with E-state index in [-0.39, 0.29) is 5.91 Å². The van der Waals surface area contributed by atoms with E-state index in [9.17, 15) is 4.79 Å². The topological polar surface area (TPSA) is 38.1 Å². The number of amides is 1. The molecule has 0 radical (unpaired) electrons. The Morgan fingerprint density at radius 3 is 2.53 bits per heavy atom. The number of carbonyl (C=O) groups is 1. The third kappa shape index (κ3) is 1.76. The van der Waals surface area contributed by atoms with E-state index in [4.69, 9.17) is 0 Å². The Bertz CT molecular complexity index is 337. The van der Waals surface area contributed by atoms with Crippen LogP contribution in [0.2, 0.25) is 0 Å². The first kappa shape index (κ1) is 10.2. The summed E-state index contributed by atoms with van der Waals surface area (Å²) in [5, 5.41) is 4.15. The van der Waals surface area contributed by atoms with Gasteiger partial charge in [-0.05, 0) is 32.8 Å². The van der Waals surface area contributed by atoms with E-state index in [1.165, 1.54) is 0 Å². The van der Waals surface area contributed by atoms with Crippen molar-refractivity contribution in [3.05, 3.63) is 18.5 Å². The summed E-state index contributed by atoms with van der Waals surface area (Å²) in [5.74, 6) is 0.170. The summed E-state index contributed by atoms with van der Waals surface area (Å²) in [6.45, 7) is 5.62. The molecule has 0 aromatic carbocycles. The number of carbonyl (C=O) groups excluding carboxylic acids is 1. The molecule has 0 N–H and O–H groups in total. The highest BCUT2D eigenvalue weighted by Crippen LogP contribution is 2.20. The minimum absolute atomic E-state index is 0.170. The smallest absolute Gasteiger partial charge is 0.249 e. The Hall–Kier alpha value is -1.32. The van der Waals surface area contributed by atoms with Crippen LogP contribution in [0.5, 0.6) is 0 Å². The van der Waals surface area contributed by atoms with Crippen LogP contribution in [-0.2, 0) is 10.3 Å². The maximum Gasteiger partial charge on any atom is 0.249 e. The lowest BCUT2D eigenvalue weighted by Gasteiger charge is -2.29. The Morgan fingerprint density at radius 2 is 2.00 bits per heavy atom. The number of aromatic nitrogens is 2. The molecule has 82 valence electrons. The van der Waals surface area contributed by atoms with Gasteiger partial charge >= 0.3 is 0 Å². The van der Waals surface area contributed by atoms with Gasteiger partial charge in [-0.25, -0.2) is 0 Å². The third-order valence-electron chi connectivity index (χ3n) is 2.99. The van der Waals surface area contributed by atoms with Crippen molar-refractivity contribution >= 4 is 5.91 Å². The standard InChI is InChI=1S/C11H17N3O/c1-11(2,14-9-5-6-12-14)10(15)13-7-3-4-8-13/h5-6,9H,3-4,7-8H2,1-2H3. The van der Waals surface area contributed by atoms with Gasteiger partial charge in [0.15, 0.2) is 0 Å². The molecule has 0 spiro atoms. The molecule has 0 saturated carbocycles. The van der Waals surface area contributed by atoms with Gasteiger partial charge in [-0.1, -0.05) is 0 Å². The summed E-state index contributed by atoms with van der Waals surface area (Å²) in [6, 6.07) is 1.85. The molecule has 1 aromatic heterocycles. The van der Waals surface area contributed by atoms with Crippen molar-refractivity contribution in [2.24, 2.45) is 0 Å². The third-order valence-corrected chi connectivity index (χ3v) is 2.99. The first-order valence-electron chi connectivity index (χ1n) is 5.42. The van der Waals surface area contributed by atoms with Crippen LogP contribution in [0.3, 0.4) is 0 Å². The second kappa shape index (κ2) is 3.68. The van der Waals surface area contributed by atoms with Crippen molar-refractivity contribution in [3.63, 3.8) is 0 Å². The van der Waals surface area contributed by atoms with Crippen molar-refractivity contribution in [2.45, 2.75) is 32.2 Å². The molecule has 1 aliphatic heterocycles. The Balaban J connectivity index is 2.18. The van der Waals surface area contributed by atoms with Gasteiger partial charge in [0.25, 0.3) is 0 Å². The van der Waals surface area contributed by atoms with Crippen LogP contribution in [0.1, 0.15) is 26.7 Å². The molecule has 0 bridgehead atoms. The highest BCUT2D eigenvalue weighted by Gasteiger charge is 2.35. The summed E-state index contributed by atoms with van der Waals surface area (Å²) in [6.07, 6.45) is 5.80. The van der Waals surface area contributed by atoms with Crippen LogP contribution in [0.4, 0.5) is 0 Å². The van der Waals surface area contributed by atoms with Crippen molar-refractivity contribution in [1.82, 2.24) is 14.7 Å². The van der Waals surface area contributed by atoms with E-state index < -0.39 is 5.54 Å². The molecule has 0 unspecified atom stereocenters. The summed E-state index contributed by atoms with van der Waals surface area (Å²) in [7, 11) is 0. The largest absolute Gasteiger partial charge is 0.341 e. The number of rotatable bonds is 2. The minimum Gasteiger partial charge on any atom is -0.341 e. The number of likely N-dealkylation sites (tertiary alicyclic amines) is 1. The van der Waals surface area contributed by atoms with E-state index in [2.05, 4.69) is 5.10 Å². The van der Waals surface area contributed by atoms with Gasteiger partial charge < -0.3 is 4.90 Å². The van der Waals surface area contributed by atoms with Crippen molar-refractivity contribution < 1.29 is 4.79 Å². The number of hydrogen-bond acceptors (Lipinski definition) is 2. The fourth-order valence-corrected chi connectivity index (χ4v) is 2.00. The average Bonchev–Trinajstić information content (AvgIpc) is 2.89. The maximum atomic E-state index is 12.2. The van der Waals surface area contributed by atoms with Gasteiger partial charge in [-0.3, -0.25) is 9.48 Å². The van der Waals surface area contributed by atoms with Crippen LogP contribution >= 0.6 is 0 Å². The number of nitrogens with zero attached hydrogens (tertiary/aromatic N) is 3. The van der Waals surface area contributed by atoms with Crippen molar-refractivity contribution in [3.8, 4) is 0 Å². The lowest BCUT2D eigenvalue weighted by Crippen LogP contribution is -2.46.